The molecule has 1 saturated carbocycles. The summed E-state index contributed by atoms with van der Waals surface area (Å²) in [4.78, 5) is 27.1. The average Bonchev–Trinajstić information content (AvgIpc) is 3.49. The number of hydrogen-bond donors (Lipinski definition) is 0. The topological polar surface area (TPSA) is 64.6 Å². The molecule has 1 aromatic carbocycles. The van der Waals surface area contributed by atoms with Gasteiger partial charge in [0, 0.05) is 24.3 Å². The first kappa shape index (κ1) is 20.0. The Labute approximate surface area is 191 Å². The van der Waals surface area contributed by atoms with E-state index in [4.69, 9.17) is 19.4 Å². The molecule has 6 rings (SSSR count). The molecule has 0 bridgehead atoms. The summed E-state index contributed by atoms with van der Waals surface area (Å²) in [6.07, 6.45) is 5.19. The van der Waals surface area contributed by atoms with Gasteiger partial charge in [-0.15, -0.1) is 11.3 Å². The number of benzene rings is 1. The van der Waals surface area contributed by atoms with E-state index in [0.717, 1.165) is 75.0 Å². The molecule has 1 saturated heterocycles. The molecule has 2 fully saturated rings. The van der Waals surface area contributed by atoms with E-state index < -0.39 is 0 Å². The predicted molar refractivity (Wildman–Crippen MR) is 124 cm³/mol. The third-order valence-corrected chi connectivity index (χ3v) is 7.97. The lowest BCUT2D eigenvalue weighted by Crippen LogP contribution is -2.30. The molecule has 1 aliphatic carbocycles. The number of amides is 1. The second-order valence-corrected chi connectivity index (χ2v) is 10.1. The van der Waals surface area contributed by atoms with Gasteiger partial charge in [-0.05, 0) is 62.8 Å². The molecule has 3 aliphatic rings. The van der Waals surface area contributed by atoms with Crippen molar-refractivity contribution in [2.45, 2.75) is 57.9 Å². The number of likely N-dealkylation sites (tertiary alicyclic amines) is 1. The van der Waals surface area contributed by atoms with Gasteiger partial charge in [-0.2, -0.15) is 0 Å². The summed E-state index contributed by atoms with van der Waals surface area (Å²) >= 11 is 1.53. The van der Waals surface area contributed by atoms with Gasteiger partial charge in [0.25, 0.3) is 5.91 Å². The van der Waals surface area contributed by atoms with Gasteiger partial charge < -0.3 is 14.4 Å². The van der Waals surface area contributed by atoms with E-state index >= 15 is 0 Å². The monoisotopic (exact) mass is 449 g/mol. The Hall–Kier alpha value is -2.67. The molecule has 2 aromatic heterocycles. The molecule has 0 unspecified atom stereocenters. The Balaban J connectivity index is 1.34. The zero-order valence-corrected chi connectivity index (χ0v) is 19.3. The highest BCUT2D eigenvalue weighted by Crippen LogP contribution is 2.42. The van der Waals surface area contributed by atoms with Crippen LogP contribution in [0.15, 0.2) is 18.2 Å². The van der Waals surface area contributed by atoms with Crippen LogP contribution < -0.4 is 9.47 Å². The van der Waals surface area contributed by atoms with Crippen LogP contribution in [0.4, 0.5) is 0 Å². The molecule has 3 aromatic rings. The van der Waals surface area contributed by atoms with Crippen LogP contribution in [0, 0.1) is 13.8 Å². The Bertz CT molecular complexity index is 1220. The first-order valence-electron chi connectivity index (χ1n) is 11.6. The van der Waals surface area contributed by atoms with Crippen molar-refractivity contribution in [2.24, 2.45) is 0 Å². The number of hydrogen-bond acceptors (Lipinski definition) is 6. The molecule has 1 atom stereocenters. The Morgan fingerprint density at radius 3 is 2.69 bits per heavy atom. The summed E-state index contributed by atoms with van der Waals surface area (Å²) in [6, 6.07) is 6.18. The van der Waals surface area contributed by atoms with Crippen molar-refractivity contribution >= 4 is 27.5 Å². The van der Waals surface area contributed by atoms with Crippen LogP contribution in [-0.4, -0.2) is 40.5 Å². The van der Waals surface area contributed by atoms with Gasteiger partial charge in [0.2, 0.25) is 0 Å². The van der Waals surface area contributed by atoms with Gasteiger partial charge in [0.15, 0.2) is 11.5 Å². The van der Waals surface area contributed by atoms with E-state index in [1.807, 2.05) is 24.8 Å². The Kier molecular flexibility index (Phi) is 4.82. The second-order valence-electron chi connectivity index (χ2n) is 9.09. The number of nitrogens with zero attached hydrogens (tertiary/aromatic N) is 3. The van der Waals surface area contributed by atoms with Crippen molar-refractivity contribution in [3.05, 3.63) is 45.7 Å². The van der Waals surface area contributed by atoms with Crippen LogP contribution in [0.5, 0.6) is 11.5 Å². The van der Waals surface area contributed by atoms with E-state index in [0.29, 0.717) is 19.1 Å². The molecule has 1 amide bonds. The first-order chi connectivity index (χ1) is 15.6. The lowest BCUT2D eigenvalue weighted by molar-refractivity contribution is 0.0740. The highest BCUT2D eigenvalue weighted by atomic mass is 32.1. The Morgan fingerprint density at radius 1 is 1.06 bits per heavy atom. The van der Waals surface area contributed by atoms with Gasteiger partial charge in [-0.1, -0.05) is 6.07 Å². The fourth-order valence-corrected chi connectivity index (χ4v) is 6.16. The highest BCUT2D eigenvalue weighted by Gasteiger charge is 2.34. The lowest BCUT2D eigenvalue weighted by atomic mass is 10.0. The molecule has 6 nitrogen and oxygen atoms in total. The van der Waals surface area contributed by atoms with Gasteiger partial charge in [0.1, 0.15) is 10.7 Å². The standard InChI is InChI=1S/C25H27N3O3S/c1-14-21-15(2)26-23(16-6-7-16)27-24(21)32-22(14)25(29)28-10-3-5-18(28)17-8-9-19-20(13-17)31-12-4-11-30-19/h8-9,13,16,18H,3-7,10-12H2,1-2H3/t18-/m1/s1. The summed E-state index contributed by atoms with van der Waals surface area (Å²) < 4.78 is 11.7. The molecule has 0 N–H and O–H groups in total. The van der Waals surface area contributed by atoms with Crippen molar-refractivity contribution in [1.29, 1.82) is 0 Å². The van der Waals surface area contributed by atoms with Crippen LogP contribution in [-0.2, 0) is 0 Å². The van der Waals surface area contributed by atoms with Gasteiger partial charge in [-0.3, -0.25) is 4.79 Å². The highest BCUT2D eigenvalue weighted by molar-refractivity contribution is 7.20. The maximum atomic E-state index is 13.7. The zero-order valence-electron chi connectivity index (χ0n) is 18.5. The maximum absolute atomic E-state index is 13.7. The summed E-state index contributed by atoms with van der Waals surface area (Å²) in [6.45, 7) is 6.19. The minimum atomic E-state index is 0.0541. The number of aryl methyl sites for hydroxylation is 2. The van der Waals surface area contributed by atoms with E-state index in [2.05, 4.69) is 12.1 Å². The van der Waals surface area contributed by atoms with E-state index in [9.17, 15) is 4.79 Å². The van der Waals surface area contributed by atoms with Crippen molar-refractivity contribution in [3.8, 4) is 11.5 Å². The molecular weight excluding hydrogens is 422 g/mol. The van der Waals surface area contributed by atoms with Crippen molar-refractivity contribution in [3.63, 3.8) is 0 Å². The third kappa shape index (κ3) is 3.34. The summed E-state index contributed by atoms with van der Waals surface area (Å²) in [5.41, 5.74) is 3.12. The molecule has 7 heteroatoms. The molecule has 32 heavy (non-hydrogen) atoms. The number of aromatic nitrogens is 2. The normalized spacial score (nSPS) is 20.6. The molecule has 4 heterocycles. The molecule has 2 aliphatic heterocycles. The van der Waals surface area contributed by atoms with Crippen LogP contribution in [0.25, 0.3) is 10.2 Å². The summed E-state index contributed by atoms with van der Waals surface area (Å²) in [7, 11) is 0. The van der Waals surface area contributed by atoms with Crippen molar-refractivity contribution < 1.29 is 14.3 Å². The van der Waals surface area contributed by atoms with E-state index in [1.54, 1.807) is 0 Å². The van der Waals surface area contributed by atoms with Crippen LogP contribution in [0.3, 0.4) is 0 Å². The summed E-state index contributed by atoms with van der Waals surface area (Å²) in [5.74, 6) is 3.13. The fourth-order valence-electron chi connectivity index (χ4n) is 4.96. The number of fused-ring (bicyclic) bond motifs is 2. The number of rotatable bonds is 3. The van der Waals surface area contributed by atoms with E-state index in [1.165, 1.54) is 24.2 Å². The number of ether oxygens (including phenoxy) is 2. The van der Waals surface area contributed by atoms with Crippen molar-refractivity contribution in [1.82, 2.24) is 14.9 Å². The fraction of sp³-hybridized carbons (Fsp3) is 0.480. The second kappa shape index (κ2) is 7.73. The van der Waals surface area contributed by atoms with Gasteiger partial charge >= 0.3 is 0 Å². The molecule has 166 valence electrons. The summed E-state index contributed by atoms with van der Waals surface area (Å²) in [5, 5.41) is 1.05. The number of carbonyl (C=O) groups is 1. The maximum Gasteiger partial charge on any atom is 0.264 e. The number of carbonyl (C=O) groups excluding carboxylic acids is 1. The lowest BCUT2D eigenvalue weighted by Gasteiger charge is -2.25. The van der Waals surface area contributed by atoms with Crippen LogP contribution in [0.2, 0.25) is 0 Å². The average molecular weight is 450 g/mol. The Morgan fingerprint density at radius 2 is 1.88 bits per heavy atom. The largest absolute Gasteiger partial charge is 0.490 e. The number of thiophene rings is 1. The smallest absolute Gasteiger partial charge is 0.264 e. The minimum Gasteiger partial charge on any atom is -0.490 e. The van der Waals surface area contributed by atoms with Gasteiger partial charge in [-0.25, -0.2) is 9.97 Å². The van der Waals surface area contributed by atoms with Crippen molar-refractivity contribution in [2.75, 3.05) is 19.8 Å². The van der Waals surface area contributed by atoms with Gasteiger partial charge in [0.05, 0.1) is 29.8 Å². The molecule has 0 radical (unpaired) electrons. The molecular formula is C25H27N3O3S. The molecule has 0 spiro atoms. The quantitative estimate of drug-likeness (QED) is 0.541. The third-order valence-electron chi connectivity index (χ3n) is 6.80. The minimum absolute atomic E-state index is 0.0541. The van der Waals surface area contributed by atoms with Crippen LogP contribution >= 0.6 is 11.3 Å². The van der Waals surface area contributed by atoms with E-state index in [-0.39, 0.29) is 11.9 Å². The SMILES string of the molecule is Cc1nc(C2CC2)nc2sc(C(=O)N3CCC[C@@H]3c3ccc4c(c3)OCCCO4)c(C)c12. The van der Waals surface area contributed by atoms with Crippen LogP contribution in [0.1, 0.15) is 76.4 Å². The first-order valence-corrected chi connectivity index (χ1v) is 12.4. The zero-order chi connectivity index (χ0) is 21.8. The predicted octanol–water partition coefficient (Wildman–Crippen LogP) is 5.32.